The molecule has 0 atom stereocenters. The number of carbonyl (C=O) groups is 2. The Morgan fingerprint density at radius 2 is 1.57 bits per heavy atom. The third kappa shape index (κ3) is 7.79. The van der Waals surface area contributed by atoms with Gasteiger partial charge in [-0.15, -0.1) is 0 Å². The number of nitrogens with zero attached hydrogens (tertiary/aromatic N) is 5. The van der Waals surface area contributed by atoms with E-state index in [0.717, 1.165) is 0 Å². The molecule has 18 heteroatoms. The summed E-state index contributed by atoms with van der Waals surface area (Å²) in [6, 6.07) is 10.8. The normalized spacial score (nSPS) is 16.5. The van der Waals surface area contributed by atoms with Gasteiger partial charge < -0.3 is 20.1 Å². The van der Waals surface area contributed by atoms with Crippen molar-refractivity contribution in [1.82, 2.24) is 9.89 Å². The van der Waals surface area contributed by atoms with Gasteiger partial charge in [0.25, 0.3) is 26.1 Å². The molecule has 3 aliphatic heterocycles. The zero-order chi connectivity index (χ0) is 41.1. The highest BCUT2D eigenvalue weighted by Gasteiger charge is 2.37. The van der Waals surface area contributed by atoms with E-state index in [1.807, 2.05) is 51.3 Å². The van der Waals surface area contributed by atoms with Crippen molar-refractivity contribution in [1.29, 1.82) is 0 Å². The molecule has 3 aromatic carbocycles. The van der Waals surface area contributed by atoms with Crippen molar-refractivity contribution in [3.8, 4) is 11.5 Å². The van der Waals surface area contributed by atoms with Crippen LogP contribution in [0.3, 0.4) is 0 Å². The lowest BCUT2D eigenvalue weighted by molar-refractivity contribution is 0.0695. The van der Waals surface area contributed by atoms with Gasteiger partial charge in [0.1, 0.15) is 30.1 Å². The molecule has 294 valence electrons. The van der Waals surface area contributed by atoms with E-state index < -0.39 is 54.7 Å². The van der Waals surface area contributed by atoms with Crippen LogP contribution in [0.1, 0.15) is 77.1 Å². The minimum atomic E-state index is -4.51. The maximum atomic E-state index is 13.4. The molecule has 0 spiro atoms. The second-order valence-corrected chi connectivity index (χ2v) is 18.0. The smallest absolute Gasteiger partial charge is 0.336 e. The molecule has 0 saturated heterocycles. The molecule has 4 N–H and O–H groups in total. The fourth-order valence-electron chi connectivity index (χ4n) is 7.35. The van der Waals surface area contributed by atoms with E-state index in [-0.39, 0.29) is 46.9 Å². The number of carboxylic acid groups (broad SMARTS) is 1. The average molecular weight is 806 g/mol. The van der Waals surface area contributed by atoms with E-state index in [9.17, 15) is 40.6 Å². The SMILES string of the molecule is CN1c2cc3c(cc2C(CS(=O)(=O)O)=CC1(C)C)C(c1cc(C(=O)NCCCN=[N+]=[N-])ccc1C(=O)O)=c1cc2c(cc1O3)=[N+](C)C(C)(C)C=C2CS(=O)(=O)O. The fourth-order valence-corrected chi connectivity index (χ4v) is 8.62. The van der Waals surface area contributed by atoms with Gasteiger partial charge in [0.2, 0.25) is 5.36 Å². The van der Waals surface area contributed by atoms with Crippen LogP contribution < -0.4 is 30.1 Å². The fraction of sp³-hybridized carbons (Fsp3) is 0.342. The molecule has 3 aromatic rings. The highest BCUT2D eigenvalue weighted by atomic mass is 32.2. The molecule has 0 aliphatic carbocycles. The van der Waals surface area contributed by atoms with Gasteiger partial charge in [-0.2, -0.15) is 16.8 Å². The molecule has 0 saturated carbocycles. The highest BCUT2D eigenvalue weighted by molar-refractivity contribution is 7.86. The van der Waals surface area contributed by atoms with E-state index in [1.165, 1.54) is 18.2 Å². The molecule has 6 rings (SSSR count). The first-order valence-electron chi connectivity index (χ1n) is 17.4. The summed E-state index contributed by atoms with van der Waals surface area (Å²) in [5, 5.41) is 17.7. The Hall–Kier alpha value is -5.52. The topological polar surface area (TPSA) is 239 Å². The van der Waals surface area contributed by atoms with Gasteiger partial charge in [0, 0.05) is 78.1 Å². The number of hydrogen-bond acceptors (Lipinski definition) is 9. The molecule has 0 bridgehead atoms. The van der Waals surface area contributed by atoms with Crippen LogP contribution in [0.15, 0.2) is 59.7 Å². The van der Waals surface area contributed by atoms with E-state index in [2.05, 4.69) is 15.3 Å². The van der Waals surface area contributed by atoms with Gasteiger partial charge in [-0.1, -0.05) is 11.2 Å². The molecule has 0 unspecified atom stereocenters. The minimum Gasteiger partial charge on any atom is -0.478 e. The third-order valence-electron chi connectivity index (χ3n) is 10.4. The summed E-state index contributed by atoms with van der Waals surface area (Å²) in [6.45, 7) is 7.83. The lowest BCUT2D eigenvalue weighted by atomic mass is 9.83. The van der Waals surface area contributed by atoms with E-state index in [1.54, 1.807) is 36.4 Å². The number of nitrogens with one attached hydrogen (secondary N) is 1. The van der Waals surface area contributed by atoms with E-state index in [4.69, 9.17) is 10.3 Å². The van der Waals surface area contributed by atoms with Crippen molar-refractivity contribution in [2.24, 2.45) is 5.11 Å². The standard InChI is InChI=1S/C38H40N6O10S2/c1-37(2)17-22(19-55(48,49)50)25-13-28-32(15-30(25)43(37)5)54-33-16-31-26(23(20-56(51,52)53)18-38(3,4)44(31)6)14-29(33)34(28)27-12-21(8-9-24(27)36(46)47)35(45)40-10-7-11-41-42-39/h8-9,12-18H,7,10-11,19-20H2,1-6H3,(H3-,40,45,46,47,48,49,50,51,52,53)/p+1. The number of hydrogen-bond donors (Lipinski definition) is 4. The lowest BCUT2D eigenvalue weighted by Crippen LogP contribution is -2.47. The van der Waals surface area contributed by atoms with Crippen LogP contribution in [0.4, 0.5) is 5.69 Å². The van der Waals surface area contributed by atoms with Crippen molar-refractivity contribution >= 4 is 54.5 Å². The van der Waals surface area contributed by atoms with Gasteiger partial charge in [0.05, 0.1) is 22.7 Å². The van der Waals surface area contributed by atoms with Gasteiger partial charge in [-0.3, -0.25) is 13.9 Å². The lowest BCUT2D eigenvalue weighted by Gasteiger charge is -2.41. The third-order valence-corrected chi connectivity index (χ3v) is 11.7. The Balaban J connectivity index is 1.72. The molecular formula is C38H41N6O10S2+. The van der Waals surface area contributed by atoms with Gasteiger partial charge in [-0.05, 0) is 78.9 Å². The van der Waals surface area contributed by atoms with Crippen LogP contribution in [-0.2, 0) is 20.2 Å². The molecule has 3 aliphatic rings. The zero-order valence-electron chi connectivity index (χ0n) is 31.5. The molecule has 3 heterocycles. The van der Waals surface area contributed by atoms with E-state index in [0.29, 0.717) is 50.5 Å². The summed E-state index contributed by atoms with van der Waals surface area (Å²) in [7, 11) is -5.39. The first-order chi connectivity index (χ1) is 26.0. The Morgan fingerprint density at radius 1 is 0.911 bits per heavy atom. The molecule has 0 fully saturated rings. The molecular weight excluding hydrogens is 765 g/mol. The maximum absolute atomic E-state index is 13.4. The number of anilines is 1. The number of carbonyl (C=O) groups excluding carboxylic acids is 1. The number of carboxylic acids is 1. The van der Waals surface area contributed by atoms with Crippen LogP contribution in [0.2, 0.25) is 0 Å². The summed E-state index contributed by atoms with van der Waals surface area (Å²) in [5.74, 6) is -2.72. The summed E-state index contributed by atoms with van der Waals surface area (Å²) in [6.07, 6.45) is 3.81. The summed E-state index contributed by atoms with van der Waals surface area (Å²) < 4.78 is 77.7. The monoisotopic (exact) mass is 805 g/mol. The molecule has 0 aromatic heterocycles. The first kappa shape index (κ1) is 40.2. The minimum absolute atomic E-state index is 0.0968. The predicted octanol–water partition coefficient (Wildman–Crippen LogP) is 3.85. The number of ether oxygens (including phenoxy) is 1. The van der Waals surface area contributed by atoms with Crippen molar-refractivity contribution < 1.29 is 45.4 Å². The average Bonchev–Trinajstić information content (AvgIpc) is 3.08. The van der Waals surface area contributed by atoms with Gasteiger partial charge in [-0.25, -0.2) is 9.37 Å². The maximum Gasteiger partial charge on any atom is 0.336 e. The first-order valence-corrected chi connectivity index (χ1v) is 20.6. The van der Waals surface area contributed by atoms with Crippen LogP contribution in [-0.4, -0.2) is 92.7 Å². The molecule has 16 nitrogen and oxygen atoms in total. The van der Waals surface area contributed by atoms with E-state index >= 15 is 0 Å². The number of azide groups is 1. The summed E-state index contributed by atoms with van der Waals surface area (Å²) in [5.41, 5.74) is 9.77. The molecule has 1 amide bonds. The van der Waals surface area contributed by atoms with Crippen molar-refractivity contribution in [3.63, 3.8) is 0 Å². The number of rotatable bonds is 11. The summed E-state index contributed by atoms with van der Waals surface area (Å²) in [4.78, 5) is 31.0. The van der Waals surface area contributed by atoms with Crippen LogP contribution >= 0.6 is 0 Å². The quantitative estimate of drug-likeness (QED) is 0.0424. The van der Waals surface area contributed by atoms with Gasteiger partial charge >= 0.3 is 5.97 Å². The van der Waals surface area contributed by atoms with Crippen LogP contribution in [0.25, 0.3) is 27.2 Å². The number of aromatic carboxylic acids is 1. The largest absolute Gasteiger partial charge is 0.478 e. The number of benzene rings is 3. The van der Waals surface area contributed by atoms with Gasteiger partial charge in [0.15, 0.2) is 5.54 Å². The molecule has 56 heavy (non-hydrogen) atoms. The Labute approximate surface area is 323 Å². The Bertz CT molecular complexity index is 2710. The Kier molecular flexibility index (Phi) is 10.2. The van der Waals surface area contributed by atoms with Crippen molar-refractivity contribution in [2.45, 2.75) is 45.2 Å². The van der Waals surface area contributed by atoms with Crippen molar-refractivity contribution in [3.05, 3.63) is 109 Å². The van der Waals surface area contributed by atoms with Crippen LogP contribution in [0.5, 0.6) is 11.5 Å². The predicted molar refractivity (Wildman–Crippen MR) is 211 cm³/mol. The number of fused-ring (bicyclic) bond motifs is 4. The number of amides is 1. The Morgan fingerprint density at radius 3 is 2.20 bits per heavy atom. The summed E-state index contributed by atoms with van der Waals surface area (Å²) >= 11 is 0. The number of likely N-dealkylation sites (N-methyl/N-ethyl adjacent to an activating group) is 2. The second-order valence-electron chi connectivity index (χ2n) is 15.1. The van der Waals surface area contributed by atoms with Crippen molar-refractivity contribution in [2.75, 3.05) is 43.6 Å². The second kappa shape index (κ2) is 14.2. The van der Waals surface area contributed by atoms with Crippen LogP contribution in [0, 0.1) is 0 Å². The zero-order valence-corrected chi connectivity index (χ0v) is 33.1. The molecule has 0 radical (unpaired) electrons. The highest BCUT2D eigenvalue weighted by Crippen LogP contribution is 2.46.